The molecule has 0 atom stereocenters. The predicted molar refractivity (Wildman–Crippen MR) is 113 cm³/mol. The molecule has 3 heteroatoms. The molecule has 22 heavy (non-hydrogen) atoms. The van der Waals surface area contributed by atoms with Crippen LogP contribution in [0.1, 0.15) is 71.2 Å². The lowest BCUT2D eigenvalue weighted by atomic mass is 10.6. The maximum atomic E-state index is 2.25. The molecule has 3 nitrogen and oxygen atoms in total. The fourth-order valence-corrected chi connectivity index (χ4v) is 0.671. The van der Waals surface area contributed by atoms with Crippen LogP contribution in [0.15, 0.2) is 0 Å². The third kappa shape index (κ3) is 50.2. The lowest BCUT2D eigenvalue weighted by molar-refractivity contribution is 0.373. The van der Waals surface area contributed by atoms with Gasteiger partial charge in [0.15, 0.2) is 0 Å². The van der Waals surface area contributed by atoms with E-state index < -0.39 is 0 Å². The first-order valence-electron chi connectivity index (χ1n) is 7.48. The third-order valence-corrected chi connectivity index (χ3v) is 3.24. The Hall–Kier alpha value is -0.120. The number of rotatable bonds is 6. The minimum Gasteiger partial charge on any atom is -0.307 e. The summed E-state index contributed by atoms with van der Waals surface area (Å²) >= 11 is 0. The molecule has 0 unspecified atom stereocenters. The monoisotopic (exact) mass is 325 g/mol. The quantitative estimate of drug-likeness (QED) is 0.645. The Bertz CT molecular complexity index is 94.1. The zero-order valence-electron chi connectivity index (χ0n) is 14.6. The van der Waals surface area contributed by atoms with Crippen molar-refractivity contribution in [3.63, 3.8) is 0 Å². The van der Waals surface area contributed by atoms with Gasteiger partial charge in [-0.1, -0.05) is 71.2 Å². The van der Waals surface area contributed by atoms with E-state index in [0.29, 0.717) is 0 Å². The highest BCUT2D eigenvalue weighted by molar-refractivity contribution is 4.37. The maximum Gasteiger partial charge on any atom is -0.00504 e. The summed E-state index contributed by atoms with van der Waals surface area (Å²) in [4.78, 5) is 6.75. The van der Waals surface area contributed by atoms with Crippen LogP contribution in [-0.4, -0.2) is 75.1 Å². The number of hydrogen-bond donors (Lipinski definition) is 0. The van der Waals surface area contributed by atoms with Crippen LogP contribution in [0, 0.1) is 0 Å². The van der Waals surface area contributed by atoms with Gasteiger partial charge in [-0.15, -0.1) is 0 Å². The zero-order valence-corrected chi connectivity index (χ0v) is 14.6. The Morgan fingerprint density at radius 1 is 0.364 bits per heavy atom. The van der Waals surface area contributed by atoms with E-state index in [1.54, 1.807) is 0 Å². The summed E-state index contributed by atoms with van der Waals surface area (Å²) in [5.74, 6) is 0. The summed E-state index contributed by atoms with van der Waals surface area (Å²) in [6, 6.07) is 0. The van der Waals surface area contributed by atoms with Crippen LogP contribution in [0.5, 0.6) is 0 Å². The van der Waals surface area contributed by atoms with Crippen LogP contribution in [0.3, 0.4) is 0 Å². The lowest BCUT2D eigenvalue weighted by Gasteiger charge is -2.07. The molecule has 0 rings (SSSR count). The molecule has 0 saturated carbocycles. The number of nitrogens with zero attached hydrogens (tertiary/aromatic N) is 3. The van der Waals surface area contributed by atoms with Crippen LogP contribution in [0.25, 0.3) is 0 Å². The Kier molecular flexibility index (Phi) is 73.0. The molecule has 0 aromatic carbocycles. The van der Waals surface area contributed by atoms with E-state index in [9.17, 15) is 0 Å². The van der Waals surface area contributed by atoms with E-state index in [2.05, 4.69) is 77.4 Å². The highest BCUT2D eigenvalue weighted by Crippen LogP contribution is 1.74. The van der Waals surface area contributed by atoms with Crippen LogP contribution < -0.4 is 0 Å². The van der Waals surface area contributed by atoms with Crippen molar-refractivity contribution in [2.45, 2.75) is 71.2 Å². The van der Waals surface area contributed by atoms with E-state index in [4.69, 9.17) is 0 Å². The van der Waals surface area contributed by atoms with Crippen molar-refractivity contribution in [1.82, 2.24) is 14.7 Å². The van der Waals surface area contributed by atoms with E-state index in [1.165, 1.54) is 0 Å². The first-order valence-corrected chi connectivity index (χ1v) is 7.48. The molecule has 0 heterocycles. The molecule has 146 valence electrons. The molecule has 0 N–H and O–H groups in total. The Labute approximate surface area is 147 Å². The zero-order chi connectivity index (χ0) is 15.0. The summed E-state index contributed by atoms with van der Waals surface area (Å²) in [5.41, 5.74) is 0. The van der Waals surface area contributed by atoms with Crippen LogP contribution >= 0.6 is 0 Å². The van der Waals surface area contributed by atoms with Crippen LogP contribution in [0.4, 0.5) is 0 Å². The second-order valence-electron chi connectivity index (χ2n) is 4.47. The highest BCUT2D eigenvalue weighted by atomic mass is 15.1. The standard InChI is InChI=1S/3C5H13N.4CH4/c3*1-4-6(3)5-2;;;;/h3*4-5H2,1-3H3;4*1H4. The minimum absolute atomic E-state index is 0. The third-order valence-electron chi connectivity index (χ3n) is 3.24. The molecular weight excluding hydrogens is 270 g/mol. The summed E-state index contributed by atoms with van der Waals surface area (Å²) < 4.78 is 0. The summed E-state index contributed by atoms with van der Waals surface area (Å²) in [6.45, 7) is 19.9. The molecule has 0 spiro atoms. The van der Waals surface area contributed by atoms with Crippen molar-refractivity contribution in [2.75, 3.05) is 60.4 Å². The van der Waals surface area contributed by atoms with Crippen molar-refractivity contribution in [1.29, 1.82) is 0 Å². The fraction of sp³-hybridized carbons (Fsp3) is 1.00. The second kappa shape index (κ2) is 37.3. The predicted octanol–water partition coefficient (Wildman–Crippen LogP) is 5.42. The first kappa shape index (κ1) is 43.1. The first-order chi connectivity index (χ1) is 8.42. The Morgan fingerprint density at radius 2 is 0.455 bits per heavy atom. The van der Waals surface area contributed by atoms with Gasteiger partial charge in [-0.2, -0.15) is 0 Å². The van der Waals surface area contributed by atoms with Gasteiger partial charge in [0.1, 0.15) is 0 Å². The van der Waals surface area contributed by atoms with Gasteiger partial charge in [0.25, 0.3) is 0 Å². The second-order valence-corrected chi connectivity index (χ2v) is 4.47. The smallest absolute Gasteiger partial charge is 0.00504 e. The maximum absolute atomic E-state index is 2.25. The normalized spacial score (nSPS) is 8.18. The van der Waals surface area contributed by atoms with Gasteiger partial charge in [0.2, 0.25) is 0 Å². The molecule has 0 saturated heterocycles. The SMILES string of the molecule is C.C.C.C.CCN(C)CC.CCN(C)CC.CCN(C)CC. The van der Waals surface area contributed by atoms with E-state index in [1.807, 2.05) is 0 Å². The average molecular weight is 326 g/mol. The van der Waals surface area contributed by atoms with Crippen molar-refractivity contribution in [2.24, 2.45) is 0 Å². The van der Waals surface area contributed by atoms with E-state index in [-0.39, 0.29) is 29.7 Å². The molecule has 0 aliphatic carbocycles. The molecule has 0 aliphatic rings. The molecule has 0 aliphatic heterocycles. The highest BCUT2D eigenvalue weighted by Gasteiger charge is 1.82. The van der Waals surface area contributed by atoms with Gasteiger partial charge >= 0.3 is 0 Å². The van der Waals surface area contributed by atoms with Gasteiger partial charge in [-0.3, -0.25) is 0 Å². The van der Waals surface area contributed by atoms with Crippen LogP contribution in [0.2, 0.25) is 0 Å². The van der Waals surface area contributed by atoms with Gasteiger partial charge in [-0.05, 0) is 60.4 Å². The van der Waals surface area contributed by atoms with E-state index >= 15 is 0 Å². The van der Waals surface area contributed by atoms with Gasteiger partial charge in [-0.25, -0.2) is 0 Å². The topological polar surface area (TPSA) is 9.72 Å². The molecule has 0 aromatic rings. The van der Waals surface area contributed by atoms with Crippen LogP contribution in [-0.2, 0) is 0 Å². The summed E-state index contributed by atoms with van der Waals surface area (Å²) in [5, 5.41) is 0. The molecule has 0 aromatic heterocycles. The van der Waals surface area contributed by atoms with Crippen molar-refractivity contribution in [3.05, 3.63) is 0 Å². The summed E-state index contributed by atoms with van der Waals surface area (Å²) in [7, 11) is 6.33. The molecule has 0 fully saturated rings. The molecule has 0 radical (unpaired) electrons. The van der Waals surface area contributed by atoms with Gasteiger partial charge in [0.05, 0.1) is 0 Å². The largest absolute Gasteiger partial charge is 0.307 e. The lowest BCUT2D eigenvalue weighted by Crippen LogP contribution is -2.15. The fourth-order valence-electron chi connectivity index (χ4n) is 0.671. The molecular formula is C19H55N3. The van der Waals surface area contributed by atoms with Gasteiger partial charge in [0, 0.05) is 0 Å². The van der Waals surface area contributed by atoms with E-state index in [0.717, 1.165) is 39.3 Å². The van der Waals surface area contributed by atoms with Gasteiger partial charge < -0.3 is 14.7 Å². The summed E-state index contributed by atoms with van der Waals surface area (Å²) in [6.07, 6.45) is 0. The Balaban J connectivity index is -0.0000000281. The van der Waals surface area contributed by atoms with Crippen molar-refractivity contribution >= 4 is 0 Å². The van der Waals surface area contributed by atoms with Crippen molar-refractivity contribution in [3.8, 4) is 0 Å². The molecule has 0 amide bonds. The number of hydrogen-bond acceptors (Lipinski definition) is 3. The molecule has 0 bridgehead atoms. The average Bonchev–Trinajstić information content (AvgIpc) is 2.45. The Morgan fingerprint density at radius 3 is 0.455 bits per heavy atom. The van der Waals surface area contributed by atoms with Crippen molar-refractivity contribution < 1.29 is 0 Å². The minimum atomic E-state index is 0.